The van der Waals surface area contributed by atoms with Crippen LogP contribution in [-0.4, -0.2) is 30.5 Å². The van der Waals surface area contributed by atoms with Gasteiger partial charge in [-0.25, -0.2) is 0 Å². The van der Waals surface area contributed by atoms with Crippen LogP contribution < -0.4 is 20.3 Å². The molecule has 1 aromatic heterocycles. The molecule has 0 unspecified atom stereocenters. The van der Waals surface area contributed by atoms with Crippen molar-refractivity contribution in [3.8, 4) is 11.5 Å². The molecule has 2 rings (SSSR count). The third-order valence-corrected chi connectivity index (χ3v) is 3.37. The number of carbonyl (C=O) groups excluding carboxylic acids is 2. The van der Waals surface area contributed by atoms with E-state index in [-0.39, 0.29) is 0 Å². The number of benzene rings is 1. The first kappa shape index (κ1) is 16.9. The predicted octanol–water partition coefficient (Wildman–Crippen LogP) is 2.26. The summed E-state index contributed by atoms with van der Waals surface area (Å²) in [4.78, 5) is 26.7. The number of hydrogen-bond donors (Lipinski definition) is 3. The van der Waals surface area contributed by atoms with E-state index in [0.29, 0.717) is 29.4 Å². The Bertz CT molecular complexity index is 714. The van der Waals surface area contributed by atoms with Crippen LogP contribution >= 0.6 is 15.9 Å². The highest BCUT2D eigenvalue weighted by Gasteiger charge is 2.13. The second-order valence-electron chi connectivity index (χ2n) is 4.44. The monoisotopic (exact) mass is 381 g/mol. The van der Waals surface area contributed by atoms with Crippen LogP contribution in [0.2, 0.25) is 0 Å². The van der Waals surface area contributed by atoms with Crippen molar-refractivity contribution in [2.24, 2.45) is 0 Å². The zero-order chi connectivity index (χ0) is 16.8. The molecule has 0 spiro atoms. The topological polar surface area (TPSA) is 92.5 Å². The van der Waals surface area contributed by atoms with Gasteiger partial charge in [0.2, 0.25) is 0 Å². The molecule has 23 heavy (non-hydrogen) atoms. The van der Waals surface area contributed by atoms with Crippen molar-refractivity contribution in [2.45, 2.75) is 6.92 Å². The Balaban J connectivity index is 2.03. The highest BCUT2D eigenvalue weighted by atomic mass is 79.9. The SMILES string of the molecule is CCOc1cc(C(=O)NNC(=O)c2cc(Br)c[nH]2)ccc1OC. The van der Waals surface area contributed by atoms with Gasteiger partial charge in [-0.3, -0.25) is 20.4 Å². The molecule has 122 valence electrons. The average molecular weight is 382 g/mol. The van der Waals surface area contributed by atoms with E-state index in [0.717, 1.165) is 4.47 Å². The Morgan fingerprint density at radius 3 is 2.52 bits per heavy atom. The largest absolute Gasteiger partial charge is 0.493 e. The first-order valence-electron chi connectivity index (χ1n) is 6.80. The van der Waals surface area contributed by atoms with Crippen LogP contribution in [0.5, 0.6) is 11.5 Å². The van der Waals surface area contributed by atoms with Gasteiger partial charge in [0.25, 0.3) is 11.8 Å². The lowest BCUT2D eigenvalue weighted by Crippen LogP contribution is -2.41. The van der Waals surface area contributed by atoms with E-state index in [9.17, 15) is 9.59 Å². The summed E-state index contributed by atoms with van der Waals surface area (Å²) in [6.07, 6.45) is 1.62. The lowest BCUT2D eigenvalue weighted by molar-refractivity contribution is 0.0844. The van der Waals surface area contributed by atoms with Gasteiger partial charge >= 0.3 is 0 Å². The number of aromatic nitrogens is 1. The van der Waals surface area contributed by atoms with E-state index < -0.39 is 11.8 Å². The zero-order valence-corrected chi connectivity index (χ0v) is 14.2. The zero-order valence-electron chi connectivity index (χ0n) is 12.6. The molecule has 0 saturated carbocycles. The third kappa shape index (κ3) is 4.26. The summed E-state index contributed by atoms with van der Waals surface area (Å²) in [6.45, 7) is 2.28. The van der Waals surface area contributed by atoms with Gasteiger partial charge in [0.05, 0.1) is 13.7 Å². The molecule has 3 N–H and O–H groups in total. The molecule has 0 bridgehead atoms. The molecule has 0 radical (unpaired) electrons. The summed E-state index contributed by atoms with van der Waals surface area (Å²) in [7, 11) is 1.52. The molecule has 7 nitrogen and oxygen atoms in total. The van der Waals surface area contributed by atoms with E-state index in [1.54, 1.807) is 30.5 Å². The van der Waals surface area contributed by atoms with Crippen LogP contribution in [0.15, 0.2) is 34.9 Å². The van der Waals surface area contributed by atoms with E-state index in [2.05, 4.69) is 31.8 Å². The number of halogens is 1. The third-order valence-electron chi connectivity index (χ3n) is 2.91. The number of methoxy groups -OCH3 is 1. The smallest absolute Gasteiger partial charge is 0.286 e. The fourth-order valence-electron chi connectivity index (χ4n) is 1.84. The van der Waals surface area contributed by atoms with Gasteiger partial charge in [-0.2, -0.15) is 0 Å². The fraction of sp³-hybridized carbons (Fsp3) is 0.200. The first-order valence-corrected chi connectivity index (χ1v) is 7.60. The molecule has 0 aliphatic carbocycles. The highest BCUT2D eigenvalue weighted by molar-refractivity contribution is 9.10. The number of carbonyl (C=O) groups is 2. The van der Waals surface area contributed by atoms with Gasteiger partial charge in [-0.1, -0.05) is 0 Å². The highest BCUT2D eigenvalue weighted by Crippen LogP contribution is 2.27. The van der Waals surface area contributed by atoms with Gasteiger partial charge in [0.1, 0.15) is 5.69 Å². The number of aromatic amines is 1. The summed E-state index contributed by atoms with van der Waals surface area (Å²) in [5.74, 6) is 0.0705. The molecular formula is C15H16BrN3O4. The lowest BCUT2D eigenvalue weighted by atomic mass is 10.2. The number of rotatable bonds is 5. The van der Waals surface area contributed by atoms with E-state index in [4.69, 9.17) is 9.47 Å². The number of H-pyrrole nitrogens is 1. The van der Waals surface area contributed by atoms with Crippen molar-refractivity contribution >= 4 is 27.7 Å². The Morgan fingerprint density at radius 1 is 1.17 bits per heavy atom. The van der Waals surface area contributed by atoms with Crippen molar-refractivity contribution in [3.63, 3.8) is 0 Å². The van der Waals surface area contributed by atoms with Gasteiger partial charge in [-0.15, -0.1) is 0 Å². The molecule has 0 saturated heterocycles. The molecule has 0 atom stereocenters. The maximum atomic E-state index is 12.1. The molecular weight excluding hydrogens is 366 g/mol. The molecule has 2 aromatic rings. The lowest BCUT2D eigenvalue weighted by Gasteiger charge is -2.11. The summed E-state index contributed by atoms with van der Waals surface area (Å²) < 4.78 is 11.3. The molecule has 1 heterocycles. The first-order chi connectivity index (χ1) is 11.0. The minimum atomic E-state index is -0.465. The standard InChI is InChI=1S/C15H16BrN3O4/c1-3-23-13-6-9(4-5-12(13)22-2)14(20)18-19-15(21)11-7-10(16)8-17-11/h4-8,17H,3H2,1-2H3,(H,18,20)(H,19,21). The maximum Gasteiger partial charge on any atom is 0.286 e. The molecule has 0 fully saturated rings. The molecule has 0 aliphatic rings. The molecule has 0 aliphatic heterocycles. The molecule has 2 amide bonds. The van der Waals surface area contributed by atoms with E-state index >= 15 is 0 Å². The number of hydrazine groups is 1. The van der Waals surface area contributed by atoms with Crippen molar-refractivity contribution in [1.82, 2.24) is 15.8 Å². The van der Waals surface area contributed by atoms with Crippen LogP contribution in [0.4, 0.5) is 0 Å². The Hall–Kier alpha value is -2.48. The summed E-state index contributed by atoms with van der Waals surface area (Å²) in [6, 6.07) is 6.36. The van der Waals surface area contributed by atoms with E-state index in [1.807, 2.05) is 6.92 Å². The number of amides is 2. The number of ether oxygens (including phenoxy) is 2. The minimum absolute atomic E-state index is 0.321. The van der Waals surface area contributed by atoms with Crippen LogP contribution in [0.25, 0.3) is 0 Å². The van der Waals surface area contributed by atoms with Gasteiger partial charge in [-0.05, 0) is 47.1 Å². The summed E-state index contributed by atoms with van der Waals surface area (Å²) in [5, 5.41) is 0. The predicted molar refractivity (Wildman–Crippen MR) is 87.6 cm³/mol. The number of hydrogen-bond acceptors (Lipinski definition) is 4. The second kappa shape index (κ2) is 7.68. The Labute approximate surface area is 141 Å². The van der Waals surface area contributed by atoms with Crippen molar-refractivity contribution in [2.75, 3.05) is 13.7 Å². The summed E-state index contributed by atoms with van der Waals surface area (Å²) >= 11 is 3.23. The van der Waals surface area contributed by atoms with Crippen LogP contribution in [0.3, 0.4) is 0 Å². The summed E-state index contributed by atoms with van der Waals surface area (Å²) in [5.41, 5.74) is 5.33. The van der Waals surface area contributed by atoms with Crippen molar-refractivity contribution in [1.29, 1.82) is 0 Å². The normalized spacial score (nSPS) is 10.0. The molecule has 1 aromatic carbocycles. The van der Waals surface area contributed by atoms with Gasteiger partial charge in [0, 0.05) is 16.2 Å². The number of nitrogens with one attached hydrogen (secondary N) is 3. The minimum Gasteiger partial charge on any atom is -0.493 e. The Kier molecular flexibility index (Phi) is 5.64. The van der Waals surface area contributed by atoms with Crippen LogP contribution in [0.1, 0.15) is 27.8 Å². The van der Waals surface area contributed by atoms with Crippen LogP contribution in [0, 0.1) is 0 Å². The van der Waals surface area contributed by atoms with Gasteiger partial charge < -0.3 is 14.5 Å². The quantitative estimate of drug-likeness (QED) is 0.692. The maximum absolute atomic E-state index is 12.1. The average Bonchev–Trinajstić information content (AvgIpc) is 2.99. The van der Waals surface area contributed by atoms with Crippen LogP contribution in [-0.2, 0) is 0 Å². The molecule has 8 heteroatoms. The van der Waals surface area contributed by atoms with Crippen molar-refractivity contribution in [3.05, 3.63) is 46.2 Å². The van der Waals surface area contributed by atoms with E-state index in [1.165, 1.54) is 7.11 Å². The fourth-order valence-corrected chi connectivity index (χ4v) is 2.18. The Morgan fingerprint density at radius 2 is 1.91 bits per heavy atom. The van der Waals surface area contributed by atoms with Crippen molar-refractivity contribution < 1.29 is 19.1 Å². The second-order valence-corrected chi connectivity index (χ2v) is 5.35. The van der Waals surface area contributed by atoms with Gasteiger partial charge in [0.15, 0.2) is 11.5 Å².